The van der Waals surface area contributed by atoms with Gasteiger partial charge in [0.15, 0.2) is 0 Å². The lowest BCUT2D eigenvalue weighted by atomic mass is 10.0. The van der Waals surface area contributed by atoms with Crippen molar-refractivity contribution in [2.75, 3.05) is 51.6 Å². The lowest BCUT2D eigenvalue weighted by Gasteiger charge is -2.37. The Labute approximate surface area is 233 Å². The Morgan fingerprint density at radius 2 is 1.98 bits per heavy atom. The monoisotopic (exact) mass is 545 g/mol. The van der Waals surface area contributed by atoms with Crippen molar-refractivity contribution >= 4 is 33.9 Å². The van der Waals surface area contributed by atoms with Crippen LogP contribution in [0.1, 0.15) is 19.5 Å². The Hall–Kier alpha value is -4.22. The van der Waals surface area contributed by atoms with Crippen molar-refractivity contribution in [3.05, 3.63) is 64.5 Å². The molecule has 40 heavy (non-hydrogen) atoms. The van der Waals surface area contributed by atoms with Crippen LogP contribution in [0.5, 0.6) is 5.75 Å². The molecule has 0 amide bonds. The summed E-state index contributed by atoms with van der Waals surface area (Å²) in [6, 6.07) is 13.3. The van der Waals surface area contributed by atoms with Crippen molar-refractivity contribution in [1.82, 2.24) is 19.4 Å². The van der Waals surface area contributed by atoms with E-state index in [0.717, 1.165) is 34.4 Å². The zero-order valence-corrected chi connectivity index (χ0v) is 23.8. The van der Waals surface area contributed by atoms with Crippen LogP contribution >= 0.6 is 0 Å². The molecule has 0 fully saturated rings. The molecule has 0 unspecified atom stereocenters. The number of nitro benzene ring substituents is 1. The lowest BCUT2D eigenvalue weighted by molar-refractivity contribution is -0.384. The second-order valence-corrected chi connectivity index (χ2v) is 10.8. The third-order valence-electron chi connectivity index (χ3n) is 7.67. The van der Waals surface area contributed by atoms with Gasteiger partial charge in [0.05, 0.1) is 42.3 Å². The molecule has 1 N–H and O–H groups in total. The highest BCUT2D eigenvalue weighted by Crippen LogP contribution is 2.40. The molecule has 5 rings (SSSR count). The first-order valence-electron chi connectivity index (χ1n) is 13.1. The van der Waals surface area contributed by atoms with Gasteiger partial charge in [-0.1, -0.05) is 18.2 Å². The first-order valence-corrected chi connectivity index (χ1v) is 13.1. The van der Waals surface area contributed by atoms with E-state index in [4.69, 9.17) is 14.5 Å². The number of hydrogen-bond donors (Lipinski definition) is 1. The van der Waals surface area contributed by atoms with Gasteiger partial charge >= 0.3 is 0 Å². The van der Waals surface area contributed by atoms with Crippen LogP contribution in [0.2, 0.25) is 0 Å². The molecule has 11 heteroatoms. The number of aromatic nitrogens is 3. The molecule has 210 valence electrons. The SMILES string of the molecule is COc1cc(N(C)CC(C)(C)N(C)C)c([N+](=O)[O-])cc1Nc1nccc(-c2c3n(c4ccccc24)CCOC3)n1. The van der Waals surface area contributed by atoms with E-state index in [-0.39, 0.29) is 16.1 Å². The van der Waals surface area contributed by atoms with Crippen molar-refractivity contribution in [3.8, 4) is 17.0 Å². The molecular formula is C29H35N7O4. The number of rotatable bonds is 9. The molecule has 0 aliphatic carbocycles. The summed E-state index contributed by atoms with van der Waals surface area (Å²) in [6.45, 7) is 6.69. The van der Waals surface area contributed by atoms with Crippen LogP contribution in [-0.2, 0) is 17.9 Å². The Bertz CT molecular complexity index is 1560. The van der Waals surface area contributed by atoms with Crippen molar-refractivity contribution in [2.45, 2.75) is 32.5 Å². The maximum atomic E-state index is 12.2. The van der Waals surface area contributed by atoms with Crippen LogP contribution in [-0.4, -0.2) is 71.3 Å². The Morgan fingerprint density at radius 3 is 2.70 bits per heavy atom. The zero-order chi connectivity index (χ0) is 28.6. The van der Waals surface area contributed by atoms with Gasteiger partial charge in [0.1, 0.15) is 11.4 Å². The summed E-state index contributed by atoms with van der Waals surface area (Å²) < 4.78 is 13.7. The van der Waals surface area contributed by atoms with Gasteiger partial charge in [-0.3, -0.25) is 10.1 Å². The summed E-state index contributed by atoms with van der Waals surface area (Å²) >= 11 is 0. The predicted octanol–water partition coefficient (Wildman–Crippen LogP) is 5.07. The Balaban J connectivity index is 1.53. The summed E-state index contributed by atoms with van der Waals surface area (Å²) in [4.78, 5) is 25.0. The second kappa shape index (κ2) is 10.7. The standard InChI is InChI=1S/C29H35N7O4/c1-29(2,33(3)4)18-34(5)23-16-26(39-6)21(15-24(23)36(37)38)32-28-30-12-11-20(31-28)27-19-9-7-8-10-22(19)35-13-14-40-17-25(27)35/h7-12,15-16H,13-14,17-18H2,1-6H3,(H,30,31,32). The minimum absolute atomic E-state index is 0.0406. The number of benzene rings is 2. The fourth-order valence-electron chi connectivity index (χ4n) is 5.13. The zero-order valence-electron chi connectivity index (χ0n) is 23.8. The van der Waals surface area contributed by atoms with Gasteiger partial charge < -0.3 is 29.2 Å². The molecule has 11 nitrogen and oxygen atoms in total. The minimum atomic E-state index is -0.379. The maximum absolute atomic E-state index is 12.2. The predicted molar refractivity (Wildman–Crippen MR) is 157 cm³/mol. The second-order valence-electron chi connectivity index (χ2n) is 10.8. The average Bonchev–Trinajstić information content (AvgIpc) is 3.27. The maximum Gasteiger partial charge on any atom is 0.294 e. The molecular weight excluding hydrogens is 510 g/mol. The molecule has 0 saturated heterocycles. The summed E-state index contributed by atoms with van der Waals surface area (Å²) in [5, 5.41) is 16.4. The van der Waals surface area contributed by atoms with Crippen LogP contribution < -0.4 is 15.0 Å². The summed E-state index contributed by atoms with van der Waals surface area (Å²) in [5.41, 5.74) is 4.56. The highest BCUT2D eigenvalue weighted by Gasteiger charge is 2.28. The molecule has 2 aromatic carbocycles. The molecule has 3 heterocycles. The fraction of sp³-hybridized carbons (Fsp3) is 0.379. The van der Waals surface area contributed by atoms with Crippen LogP contribution in [0.15, 0.2) is 48.7 Å². The first-order chi connectivity index (χ1) is 19.1. The fourth-order valence-corrected chi connectivity index (χ4v) is 5.13. The molecule has 0 spiro atoms. The highest BCUT2D eigenvalue weighted by atomic mass is 16.6. The van der Waals surface area contributed by atoms with Crippen molar-refractivity contribution in [1.29, 1.82) is 0 Å². The normalized spacial score (nSPS) is 13.4. The van der Waals surface area contributed by atoms with E-state index >= 15 is 0 Å². The summed E-state index contributed by atoms with van der Waals surface area (Å²) in [6.07, 6.45) is 1.68. The largest absolute Gasteiger partial charge is 0.494 e. The minimum Gasteiger partial charge on any atom is -0.494 e. The number of anilines is 3. The van der Waals surface area contributed by atoms with E-state index in [0.29, 0.717) is 42.8 Å². The number of ether oxygens (including phenoxy) is 2. The van der Waals surface area contributed by atoms with E-state index in [1.54, 1.807) is 12.3 Å². The van der Waals surface area contributed by atoms with Crippen LogP contribution in [0, 0.1) is 10.1 Å². The van der Waals surface area contributed by atoms with Gasteiger partial charge in [0.25, 0.3) is 5.69 Å². The summed E-state index contributed by atoms with van der Waals surface area (Å²) in [5.74, 6) is 0.755. The number of nitrogens with one attached hydrogen (secondary N) is 1. The molecule has 4 aromatic rings. The van der Waals surface area contributed by atoms with E-state index in [1.807, 2.05) is 44.2 Å². The van der Waals surface area contributed by atoms with E-state index < -0.39 is 0 Å². The number of para-hydroxylation sites is 1. The molecule has 1 aliphatic heterocycles. The van der Waals surface area contributed by atoms with E-state index in [1.165, 1.54) is 13.2 Å². The van der Waals surface area contributed by atoms with Gasteiger partial charge in [-0.2, -0.15) is 0 Å². The van der Waals surface area contributed by atoms with Crippen molar-refractivity contribution < 1.29 is 14.4 Å². The number of likely N-dealkylation sites (N-methyl/N-ethyl adjacent to an activating group) is 2. The van der Waals surface area contributed by atoms with Crippen molar-refractivity contribution in [2.24, 2.45) is 0 Å². The molecule has 2 aromatic heterocycles. The first kappa shape index (κ1) is 27.4. The molecule has 0 saturated carbocycles. The smallest absolute Gasteiger partial charge is 0.294 e. The van der Waals surface area contributed by atoms with Gasteiger partial charge in [-0.25, -0.2) is 9.97 Å². The number of nitrogens with zero attached hydrogens (tertiary/aromatic N) is 6. The number of hydrogen-bond acceptors (Lipinski definition) is 9. The van der Waals surface area contributed by atoms with Crippen LogP contribution in [0.4, 0.5) is 23.0 Å². The molecule has 0 radical (unpaired) electrons. The third kappa shape index (κ3) is 5.05. The van der Waals surface area contributed by atoms with Crippen molar-refractivity contribution in [3.63, 3.8) is 0 Å². The van der Waals surface area contributed by atoms with Gasteiger partial charge in [-0.05, 0) is 40.1 Å². The number of methoxy groups -OCH3 is 1. The lowest BCUT2D eigenvalue weighted by Crippen LogP contribution is -2.47. The van der Waals surface area contributed by atoms with E-state index in [9.17, 15) is 10.1 Å². The van der Waals surface area contributed by atoms with Crippen LogP contribution in [0.3, 0.4) is 0 Å². The molecule has 1 aliphatic rings. The highest BCUT2D eigenvalue weighted by molar-refractivity contribution is 5.97. The van der Waals surface area contributed by atoms with E-state index in [2.05, 4.69) is 45.7 Å². The average molecular weight is 546 g/mol. The van der Waals surface area contributed by atoms with Gasteiger partial charge in [-0.15, -0.1) is 0 Å². The van der Waals surface area contributed by atoms with Gasteiger partial charge in [0.2, 0.25) is 5.95 Å². The Kier molecular flexibility index (Phi) is 7.35. The topological polar surface area (TPSA) is 111 Å². The Morgan fingerprint density at radius 1 is 1.20 bits per heavy atom. The number of fused-ring (bicyclic) bond motifs is 3. The molecule has 0 bridgehead atoms. The third-order valence-corrected chi connectivity index (χ3v) is 7.67. The molecule has 0 atom stereocenters. The van der Waals surface area contributed by atoms with Gasteiger partial charge in [0, 0.05) is 60.5 Å². The number of nitro groups is 1. The van der Waals surface area contributed by atoms with Crippen LogP contribution in [0.25, 0.3) is 22.2 Å². The quantitative estimate of drug-likeness (QED) is 0.228. The summed E-state index contributed by atoms with van der Waals surface area (Å²) in [7, 11) is 7.36.